The zero-order valence-corrected chi connectivity index (χ0v) is 9.59. The van der Waals surface area contributed by atoms with E-state index >= 15 is 0 Å². The van der Waals surface area contributed by atoms with Gasteiger partial charge in [-0.25, -0.2) is 0 Å². The molecule has 0 aromatic heterocycles. The van der Waals surface area contributed by atoms with E-state index in [0.29, 0.717) is 12.1 Å². The van der Waals surface area contributed by atoms with Crippen molar-refractivity contribution in [2.75, 3.05) is 13.1 Å². The Labute approximate surface area is 92.1 Å². The van der Waals surface area contributed by atoms with Crippen molar-refractivity contribution in [1.82, 2.24) is 10.6 Å². The summed E-state index contributed by atoms with van der Waals surface area (Å²) in [6.07, 6.45) is 1.25. The van der Waals surface area contributed by atoms with Crippen molar-refractivity contribution < 1.29 is 0 Å². The summed E-state index contributed by atoms with van der Waals surface area (Å²) in [7, 11) is 0. The average molecular weight is 204 g/mol. The maximum absolute atomic E-state index is 3.65. The summed E-state index contributed by atoms with van der Waals surface area (Å²) < 4.78 is 0. The summed E-state index contributed by atoms with van der Waals surface area (Å²) in [5.41, 5.74) is 2.71. The summed E-state index contributed by atoms with van der Waals surface area (Å²) in [5, 5.41) is 7.03. The Morgan fingerprint density at radius 1 is 1.33 bits per heavy atom. The number of aryl methyl sites for hydroxylation is 1. The minimum atomic E-state index is 0.454. The summed E-state index contributed by atoms with van der Waals surface area (Å²) in [6.45, 7) is 6.63. The molecule has 1 aromatic carbocycles. The molecule has 2 rings (SSSR count). The molecule has 0 amide bonds. The fourth-order valence-corrected chi connectivity index (χ4v) is 2.10. The molecule has 1 fully saturated rings. The monoisotopic (exact) mass is 204 g/mol. The van der Waals surface area contributed by atoms with Gasteiger partial charge in [-0.2, -0.15) is 0 Å². The van der Waals surface area contributed by atoms with Gasteiger partial charge < -0.3 is 10.6 Å². The van der Waals surface area contributed by atoms with Crippen LogP contribution in [0.15, 0.2) is 24.3 Å². The molecular formula is C13H20N2. The quantitative estimate of drug-likeness (QED) is 0.787. The van der Waals surface area contributed by atoms with Crippen LogP contribution in [0.2, 0.25) is 0 Å². The second kappa shape index (κ2) is 4.77. The smallest absolute Gasteiger partial charge is 0.0294 e. The van der Waals surface area contributed by atoms with Gasteiger partial charge in [-0.05, 0) is 32.4 Å². The first kappa shape index (κ1) is 10.7. The van der Waals surface area contributed by atoms with Crippen molar-refractivity contribution in [2.24, 2.45) is 0 Å². The summed E-state index contributed by atoms with van der Waals surface area (Å²) in [5.74, 6) is 0. The van der Waals surface area contributed by atoms with Gasteiger partial charge in [0.15, 0.2) is 0 Å². The van der Waals surface area contributed by atoms with Crippen LogP contribution in [0.4, 0.5) is 0 Å². The van der Waals surface area contributed by atoms with E-state index in [0.717, 1.165) is 13.1 Å². The van der Waals surface area contributed by atoms with E-state index in [9.17, 15) is 0 Å². The standard InChI is InChI=1S/C13H20N2/c1-10-3-5-12(6-4-10)11(2)15-13-7-8-14-9-13/h3-6,11,13-15H,7-9H2,1-2H3. The van der Waals surface area contributed by atoms with Crippen molar-refractivity contribution in [1.29, 1.82) is 0 Å². The summed E-state index contributed by atoms with van der Waals surface area (Å²) >= 11 is 0. The SMILES string of the molecule is Cc1ccc(C(C)NC2CCNC2)cc1. The lowest BCUT2D eigenvalue weighted by molar-refractivity contribution is 0.478. The van der Waals surface area contributed by atoms with Gasteiger partial charge in [0.1, 0.15) is 0 Å². The van der Waals surface area contributed by atoms with Crippen LogP contribution in [-0.4, -0.2) is 19.1 Å². The van der Waals surface area contributed by atoms with Crippen LogP contribution in [0.5, 0.6) is 0 Å². The molecule has 1 aliphatic rings. The highest BCUT2D eigenvalue weighted by molar-refractivity contribution is 5.23. The minimum Gasteiger partial charge on any atom is -0.315 e. The van der Waals surface area contributed by atoms with Crippen molar-refractivity contribution in [3.8, 4) is 0 Å². The number of rotatable bonds is 3. The topological polar surface area (TPSA) is 24.1 Å². The fraction of sp³-hybridized carbons (Fsp3) is 0.538. The number of hydrogen-bond donors (Lipinski definition) is 2. The molecule has 1 aromatic rings. The van der Waals surface area contributed by atoms with Crippen molar-refractivity contribution in [3.05, 3.63) is 35.4 Å². The van der Waals surface area contributed by atoms with Crippen molar-refractivity contribution in [3.63, 3.8) is 0 Å². The highest BCUT2D eigenvalue weighted by Crippen LogP contribution is 2.14. The van der Waals surface area contributed by atoms with E-state index in [1.165, 1.54) is 17.5 Å². The van der Waals surface area contributed by atoms with Crippen molar-refractivity contribution in [2.45, 2.75) is 32.4 Å². The molecule has 0 spiro atoms. The Morgan fingerprint density at radius 3 is 2.67 bits per heavy atom. The molecule has 15 heavy (non-hydrogen) atoms. The molecule has 2 N–H and O–H groups in total. The first-order valence-corrected chi connectivity index (χ1v) is 5.79. The molecule has 2 atom stereocenters. The van der Waals surface area contributed by atoms with E-state index in [1.807, 2.05) is 0 Å². The van der Waals surface area contributed by atoms with Crippen molar-refractivity contribution >= 4 is 0 Å². The molecule has 82 valence electrons. The van der Waals surface area contributed by atoms with E-state index < -0.39 is 0 Å². The first-order valence-electron chi connectivity index (χ1n) is 5.79. The summed E-state index contributed by atoms with van der Waals surface area (Å²) in [4.78, 5) is 0. The molecule has 1 aliphatic heterocycles. The molecule has 2 heteroatoms. The third-order valence-electron chi connectivity index (χ3n) is 3.12. The number of nitrogens with one attached hydrogen (secondary N) is 2. The molecule has 1 heterocycles. The highest BCUT2D eigenvalue weighted by Gasteiger charge is 2.16. The van der Waals surface area contributed by atoms with Gasteiger partial charge in [-0.3, -0.25) is 0 Å². The lowest BCUT2D eigenvalue weighted by Crippen LogP contribution is -2.33. The molecular weight excluding hydrogens is 184 g/mol. The van der Waals surface area contributed by atoms with Gasteiger partial charge in [0.25, 0.3) is 0 Å². The lowest BCUT2D eigenvalue weighted by Gasteiger charge is -2.19. The second-order valence-electron chi connectivity index (χ2n) is 4.49. The molecule has 0 saturated carbocycles. The van der Waals surface area contributed by atoms with Crippen LogP contribution in [0.1, 0.15) is 30.5 Å². The Morgan fingerprint density at radius 2 is 2.07 bits per heavy atom. The van der Waals surface area contributed by atoms with Crippen LogP contribution < -0.4 is 10.6 Å². The highest BCUT2D eigenvalue weighted by atomic mass is 15.0. The average Bonchev–Trinajstić information content (AvgIpc) is 2.71. The van der Waals surface area contributed by atoms with Gasteiger partial charge in [0.2, 0.25) is 0 Å². The largest absolute Gasteiger partial charge is 0.315 e. The molecule has 2 nitrogen and oxygen atoms in total. The predicted octanol–water partition coefficient (Wildman–Crippen LogP) is 2.01. The number of benzene rings is 1. The second-order valence-corrected chi connectivity index (χ2v) is 4.49. The van der Waals surface area contributed by atoms with E-state index in [-0.39, 0.29) is 0 Å². The van der Waals surface area contributed by atoms with E-state index in [2.05, 4.69) is 48.7 Å². The third-order valence-corrected chi connectivity index (χ3v) is 3.12. The Bertz CT molecular complexity index is 299. The molecule has 1 saturated heterocycles. The van der Waals surface area contributed by atoms with Crippen LogP contribution in [0.3, 0.4) is 0 Å². The molecule has 0 radical (unpaired) electrons. The maximum Gasteiger partial charge on any atom is 0.0294 e. The van der Waals surface area contributed by atoms with Gasteiger partial charge in [0.05, 0.1) is 0 Å². The molecule has 2 unspecified atom stereocenters. The van der Waals surface area contributed by atoms with Gasteiger partial charge in [-0.1, -0.05) is 29.8 Å². The predicted molar refractivity (Wildman–Crippen MR) is 64.0 cm³/mol. The fourth-order valence-electron chi connectivity index (χ4n) is 2.10. The zero-order valence-electron chi connectivity index (χ0n) is 9.59. The van der Waals surface area contributed by atoms with E-state index in [1.54, 1.807) is 0 Å². The molecule has 0 bridgehead atoms. The maximum atomic E-state index is 3.65. The van der Waals surface area contributed by atoms with Gasteiger partial charge in [-0.15, -0.1) is 0 Å². The Kier molecular flexibility index (Phi) is 3.39. The molecule has 0 aliphatic carbocycles. The zero-order chi connectivity index (χ0) is 10.7. The van der Waals surface area contributed by atoms with Crippen LogP contribution >= 0.6 is 0 Å². The lowest BCUT2D eigenvalue weighted by atomic mass is 10.1. The van der Waals surface area contributed by atoms with Crippen LogP contribution in [-0.2, 0) is 0 Å². The summed E-state index contributed by atoms with van der Waals surface area (Å²) in [6, 6.07) is 9.89. The van der Waals surface area contributed by atoms with Gasteiger partial charge in [0, 0.05) is 18.6 Å². The number of hydrogen-bond acceptors (Lipinski definition) is 2. The van der Waals surface area contributed by atoms with E-state index in [4.69, 9.17) is 0 Å². The third kappa shape index (κ3) is 2.80. The first-order chi connectivity index (χ1) is 7.25. The van der Waals surface area contributed by atoms with Crippen LogP contribution in [0, 0.1) is 6.92 Å². The van der Waals surface area contributed by atoms with Gasteiger partial charge >= 0.3 is 0 Å². The normalized spacial score (nSPS) is 22.9. The Balaban J connectivity index is 1.94. The van der Waals surface area contributed by atoms with Crippen LogP contribution in [0.25, 0.3) is 0 Å². The Hall–Kier alpha value is -0.860. The minimum absolute atomic E-state index is 0.454.